The lowest BCUT2D eigenvalue weighted by atomic mass is 10.3. The van der Waals surface area contributed by atoms with Crippen molar-refractivity contribution in [3.05, 3.63) is 46.7 Å². The minimum absolute atomic E-state index is 0.252. The van der Waals surface area contributed by atoms with Crippen LogP contribution in [0.15, 0.2) is 35.3 Å². The van der Waals surface area contributed by atoms with Crippen molar-refractivity contribution < 1.29 is 4.79 Å². The van der Waals surface area contributed by atoms with E-state index in [1.807, 2.05) is 6.92 Å². The molecule has 0 aliphatic heterocycles. The van der Waals surface area contributed by atoms with Crippen LogP contribution in [-0.4, -0.2) is 20.9 Å². The van der Waals surface area contributed by atoms with E-state index in [4.69, 9.17) is 0 Å². The third-order valence-electron chi connectivity index (χ3n) is 2.02. The Hall–Kier alpha value is -1.82. The third-order valence-corrected chi connectivity index (χ3v) is 2.60. The second-order valence-corrected chi connectivity index (χ2v) is 4.09. The first-order valence-electron chi connectivity index (χ1n) is 4.87. The Labute approximate surface area is 106 Å². The van der Waals surface area contributed by atoms with Crippen LogP contribution in [0.4, 0.5) is 5.69 Å². The Balaban J connectivity index is 2.20. The number of pyridine rings is 1. The highest BCUT2D eigenvalue weighted by molar-refractivity contribution is 9.10. The third kappa shape index (κ3) is 2.85. The van der Waals surface area contributed by atoms with Crippen molar-refractivity contribution in [3.8, 4) is 0 Å². The van der Waals surface area contributed by atoms with Crippen molar-refractivity contribution >= 4 is 27.5 Å². The fourth-order valence-corrected chi connectivity index (χ4v) is 1.69. The van der Waals surface area contributed by atoms with Crippen molar-refractivity contribution in [3.63, 3.8) is 0 Å². The van der Waals surface area contributed by atoms with Crippen LogP contribution in [0.3, 0.4) is 0 Å². The average Bonchev–Trinajstić information content (AvgIpc) is 2.29. The summed E-state index contributed by atoms with van der Waals surface area (Å²) in [4.78, 5) is 23.8. The Morgan fingerprint density at radius 3 is 2.71 bits per heavy atom. The normalized spacial score (nSPS) is 10.0. The number of amides is 1. The summed E-state index contributed by atoms with van der Waals surface area (Å²) in [5.74, 6) is -0.310. The second-order valence-electron chi connectivity index (χ2n) is 3.34. The predicted molar refractivity (Wildman–Crippen MR) is 66.7 cm³/mol. The number of nitrogens with one attached hydrogen (secondary N) is 1. The van der Waals surface area contributed by atoms with Gasteiger partial charge in [-0.05, 0) is 35.0 Å². The fraction of sp³-hybridized carbons (Fsp3) is 0.0909. The molecule has 0 bridgehead atoms. The summed E-state index contributed by atoms with van der Waals surface area (Å²) in [6.07, 6.45) is 4.62. The molecule has 0 unspecified atom stereocenters. The van der Waals surface area contributed by atoms with E-state index in [9.17, 15) is 4.79 Å². The molecule has 1 N–H and O–H groups in total. The van der Waals surface area contributed by atoms with E-state index in [0.29, 0.717) is 10.3 Å². The number of hydrogen-bond donors (Lipinski definition) is 1. The molecule has 2 rings (SSSR count). The lowest BCUT2D eigenvalue weighted by Crippen LogP contribution is -2.15. The molecule has 0 aliphatic carbocycles. The van der Waals surface area contributed by atoms with Gasteiger partial charge in [0.15, 0.2) is 5.69 Å². The molecule has 1 amide bonds. The maximum atomic E-state index is 11.9. The van der Waals surface area contributed by atoms with Crippen LogP contribution in [0.1, 0.15) is 16.2 Å². The van der Waals surface area contributed by atoms with E-state index in [-0.39, 0.29) is 11.6 Å². The SMILES string of the molecule is Cc1cc(NC(=O)c2nccnc2Br)ccn1. The Bertz CT molecular complexity index is 559. The Morgan fingerprint density at radius 2 is 2.00 bits per heavy atom. The molecule has 2 heterocycles. The van der Waals surface area contributed by atoms with Crippen LogP contribution in [0, 0.1) is 6.92 Å². The maximum Gasteiger partial charge on any atom is 0.277 e. The van der Waals surface area contributed by atoms with Gasteiger partial charge < -0.3 is 5.32 Å². The van der Waals surface area contributed by atoms with E-state index in [1.165, 1.54) is 12.4 Å². The summed E-state index contributed by atoms with van der Waals surface area (Å²) in [5.41, 5.74) is 1.77. The first kappa shape index (κ1) is 11.7. The van der Waals surface area contributed by atoms with Crippen LogP contribution >= 0.6 is 15.9 Å². The maximum absolute atomic E-state index is 11.9. The first-order chi connectivity index (χ1) is 8.16. The van der Waals surface area contributed by atoms with E-state index in [0.717, 1.165) is 5.69 Å². The molecule has 0 aromatic carbocycles. The second kappa shape index (κ2) is 5.01. The highest BCUT2D eigenvalue weighted by atomic mass is 79.9. The lowest BCUT2D eigenvalue weighted by molar-refractivity contribution is 0.102. The van der Waals surface area contributed by atoms with Gasteiger partial charge in [0.2, 0.25) is 0 Å². The highest BCUT2D eigenvalue weighted by Gasteiger charge is 2.12. The Morgan fingerprint density at radius 1 is 1.24 bits per heavy atom. The number of halogens is 1. The zero-order valence-electron chi connectivity index (χ0n) is 9.01. The number of carbonyl (C=O) groups excluding carboxylic acids is 1. The summed E-state index contributed by atoms with van der Waals surface area (Å²) >= 11 is 3.18. The van der Waals surface area contributed by atoms with Gasteiger partial charge in [-0.3, -0.25) is 9.78 Å². The predicted octanol–water partition coefficient (Wildman–Crippen LogP) is 2.19. The van der Waals surface area contributed by atoms with Gasteiger partial charge in [-0.1, -0.05) is 0 Å². The van der Waals surface area contributed by atoms with Crippen molar-refractivity contribution in [1.29, 1.82) is 0 Å². The molecule has 17 heavy (non-hydrogen) atoms. The molecule has 2 aromatic rings. The molecule has 0 radical (unpaired) electrons. The zero-order chi connectivity index (χ0) is 12.3. The van der Waals surface area contributed by atoms with Gasteiger partial charge >= 0.3 is 0 Å². The molecule has 6 heteroatoms. The zero-order valence-corrected chi connectivity index (χ0v) is 10.6. The lowest BCUT2D eigenvalue weighted by Gasteiger charge is -2.05. The van der Waals surface area contributed by atoms with E-state index in [2.05, 4.69) is 36.2 Å². The van der Waals surface area contributed by atoms with Crippen LogP contribution in [0.5, 0.6) is 0 Å². The molecule has 0 spiro atoms. The number of aryl methyl sites for hydroxylation is 1. The minimum Gasteiger partial charge on any atom is -0.320 e. The number of nitrogens with zero attached hydrogens (tertiary/aromatic N) is 3. The highest BCUT2D eigenvalue weighted by Crippen LogP contribution is 2.13. The first-order valence-corrected chi connectivity index (χ1v) is 5.66. The summed E-state index contributed by atoms with van der Waals surface area (Å²) < 4.78 is 0.420. The van der Waals surface area contributed by atoms with Crippen molar-refractivity contribution in [2.24, 2.45) is 0 Å². The van der Waals surface area contributed by atoms with Gasteiger partial charge in [0.1, 0.15) is 4.60 Å². The smallest absolute Gasteiger partial charge is 0.277 e. The summed E-state index contributed by atoms with van der Waals surface area (Å²) in [7, 11) is 0. The van der Waals surface area contributed by atoms with Crippen LogP contribution in [-0.2, 0) is 0 Å². The monoisotopic (exact) mass is 292 g/mol. The van der Waals surface area contributed by atoms with Crippen molar-refractivity contribution in [2.75, 3.05) is 5.32 Å². The summed E-state index contributed by atoms with van der Waals surface area (Å²) in [6, 6.07) is 3.50. The fourth-order valence-electron chi connectivity index (χ4n) is 1.29. The largest absolute Gasteiger partial charge is 0.320 e. The van der Waals surface area contributed by atoms with Crippen LogP contribution < -0.4 is 5.32 Å². The van der Waals surface area contributed by atoms with Crippen LogP contribution in [0.2, 0.25) is 0 Å². The van der Waals surface area contributed by atoms with Crippen molar-refractivity contribution in [1.82, 2.24) is 15.0 Å². The number of anilines is 1. The van der Waals surface area contributed by atoms with E-state index < -0.39 is 0 Å². The van der Waals surface area contributed by atoms with Gasteiger partial charge in [-0.15, -0.1) is 0 Å². The average molecular weight is 293 g/mol. The van der Waals surface area contributed by atoms with Gasteiger partial charge in [0.25, 0.3) is 5.91 Å². The molecular weight excluding hydrogens is 284 g/mol. The number of hydrogen-bond acceptors (Lipinski definition) is 4. The van der Waals surface area contributed by atoms with Gasteiger partial charge in [-0.2, -0.15) is 0 Å². The molecular formula is C11H9BrN4O. The molecule has 0 saturated heterocycles. The summed E-state index contributed by atoms with van der Waals surface area (Å²) in [5, 5.41) is 2.73. The number of carbonyl (C=O) groups is 1. The van der Waals surface area contributed by atoms with Crippen LogP contribution in [0.25, 0.3) is 0 Å². The topological polar surface area (TPSA) is 67.8 Å². The standard InChI is InChI=1S/C11H9BrN4O/c1-7-6-8(2-3-13-7)16-11(17)9-10(12)15-5-4-14-9/h2-6H,1H3,(H,13,16,17). The molecule has 86 valence electrons. The molecule has 0 saturated carbocycles. The van der Waals surface area contributed by atoms with Gasteiger partial charge in [0, 0.05) is 30.0 Å². The van der Waals surface area contributed by atoms with E-state index >= 15 is 0 Å². The number of aromatic nitrogens is 3. The quantitative estimate of drug-likeness (QED) is 0.921. The number of rotatable bonds is 2. The van der Waals surface area contributed by atoms with E-state index in [1.54, 1.807) is 18.3 Å². The molecule has 0 aliphatic rings. The van der Waals surface area contributed by atoms with Gasteiger partial charge in [0.05, 0.1) is 0 Å². The summed E-state index contributed by atoms with van der Waals surface area (Å²) in [6.45, 7) is 1.86. The van der Waals surface area contributed by atoms with Crippen molar-refractivity contribution in [2.45, 2.75) is 6.92 Å². The minimum atomic E-state index is -0.310. The molecule has 0 fully saturated rings. The molecule has 2 aromatic heterocycles. The molecule has 5 nitrogen and oxygen atoms in total. The molecule has 0 atom stereocenters. The van der Waals surface area contributed by atoms with Gasteiger partial charge in [-0.25, -0.2) is 9.97 Å². The Kier molecular flexibility index (Phi) is 3.43.